The van der Waals surface area contributed by atoms with Crippen molar-refractivity contribution < 1.29 is 18.3 Å². The van der Waals surface area contributed by atoms with E-state index in [1.165, 1.54) is 11.2 Å². The van der Waals surface area contributed by atoms with Crippen LogP contribution in [0, 0.1) is 5.41 Å². The summed E-state index contributed by atoms with van der Waals surface area (Å²) >= 11 is 0. The molecule has 0 aromatic rings. The molecule has 106 valence electrons. The van der Waals surface area contributed by atoms with E-state index < -0.39 is 21.2 Å². The number of rotatable bonds is 5. The first kappa shape index (κ1) is 15.4. The molecule has 1 unspecified atom stereocenters. The average molecular weight is 277 g/mol. The van der Waals surface area contributed by atoms with Crippen LogP contribution in [0.2, 0.25) is 0 Å². The summed E-state index contributed by atoms with van der Waals surface area (Å²) in [5.41, 5.74) is 0.235. The first-order valence-corrected chi connectivity index (χ1v) is 8.01. The molecular formula is C12H23NO4S. The minimum Gasteiger partial charge on any atom is -0.480 e. The zero-order valence-electron chi connectivity index (χ0n) is 11.3. The molecule has 1 fully saturated rings. The summed E-state index contributed by atoms with van der Waals surface area (Å²) in [6, 6.07) is 0. The maximum atomic E-state index is 12.1. The third-order valence-electron chi connectivity index (χ3n) is 4.44. The van der Waals surface area contributed by atoms with Gasteiger partial charge in [-0.15, -0.1) is 0 Å². The first-order chi connectivity index (χ1) is 8.29. The lowest BCUT2D eigenvalue weighted by Gasteiger charge is -2.40. The number of carbonyl (C=O) groups is 1. The maximum absolute atomic E-state index is 12.1. The monoisotopic (exact) mass is 277 g/mol. The van der Waals surface area contributed by atoms with Crippen LogP contribution in [0.5, 0.6) is 0 Å². The molecule has 5 nitrogen and oxygen atoms in total. The molecule has 1 heterocycles. The van der Waals surface area contributed by atoms with Crippen molar-refractivity contribution in [1.29, 1.82) is 0 Å². The smallest absolute Gasteiger partial charge is 0.323 e. The van der Waals surface area contributed by atoms with Crippen molar-refractivity contribution in [1.82, 2.24) is 4.31 Å². The van der Waals surface area contributed by atoms with Crippen LogP contribution in [-0.2, 0) is 14.8 Å². The Morgan fingerprint density at radius 2 is 1.72 bits per heavy atom. The molecule has 1 N–H and O–H groups in total. The van der Waals surface area contributed by atoms with Gasteiger partial charge in [0.2, 0.25) is 10.0 Å². The van der Waals surface area contributed by atoms with Crippen LogP contribution in [-0.4, -0.2) is 42.1 Å². The molecule has 18 heavy (non-hydrogen) atoms. The SMILES string of the molecule is CCC1(CC)CCN(S(=O)(=O)C(C)C(=O)O)CC1. The predicted octanol–water partition coefficient (Wildman–Crippen LogP) is 1.69. The minimum absolute atomic E-state index is 0.235. The number of nitrogens with zero attached hydrogens (tertiary/aromatic N) is 1. The summed E-state index contributed by atoms with van der Waals surface area (Å²) in [5, 5.41) is 7.48. The van der Waals surface area contributed by atoms with Crippen molar-refractivity contribution in [2.45, 2.75) is 51.7 Å². The van der Waals surface area contributed by atoms with Gasteiger partial charge >= 0.3 is 5.97 Å². The normalized spacial score (nSPS) is 22.6. The van der Waals surface area contributed by atoms with Crippen LogP contribution >= 0.6 is 0 Å². The van der Waals surface area contributed by atoms with Gasteiger partial charge in [0.05, 0.1) is 0 Å². The number of hydrogen-bond acceptors (Lipinski definition) is 3. The Kier molecular flexibility index (Phi) is 4.78. The fraction of sp³-hybridized carbons (Fsp3) is 0.917. The second kappa shape index (κ2) is 5.57. The Morgan fingerprint density at radius 3 is 2.06 bits per heavy atom. The number of carboxylic acid groups (broad SMARTS) is 1. The molecule has 0 radical (unpaired) electrons. The molecule has 1 aliphatic heterocycles. The first-order valence-electron chi connectivity index (χ1n) is 6.51. The van der Waals surface area contributed by atoms with Crippen LogP contribution in [0.1, 0.15) is 46.5 Å². The fourth-order valence-electron chi connectivity index (χ4n) is 2.52. The zero-order valence-corrected chi connectivity index (χ0v) is 12.2. The van der Waals surface area contributed by atoms with Crippen LogP contribution < -0.4 is 0 Å². The van der Waals surface area contributed by atoms with Gasteiger partial charge in [-0.25, -0.2) is 12.7 Å². The van der Waals surface area contributed by atoms with Crippen molar-refractivity contribution in [2.24, 2.45) is 5.41 Å². The standard InChI is InChI=1S/C12H23NO4S/c1-4-12(5-2)6-8-13(9-7-12)18(16,17)10(3)11(14)15/h10H,4-9H2,1-3H3,(H,14,15). The van der Waals surface area contributed by atoms with Gasteiger partial charge in [0.1, 0.15) is 0 Å². The third kappa shape index (κ3) is 2.85. The van der Waals surface area contributed by atoms with Crippen molar-refractivity contribution in [2.75, 3.05) is 13.1 Å². The van der Waals surface area contributed by atoms with Gasteiger partial charge in [0.25, 0.3) is 0 Å². The number of sulfonamides is 1. The third-order valence-corrected chi connectivity index (χ3v) is 6.62. The Balaban J connectivity index is 2.77. The van der Waals surface area contributed by atoms with Crippen LogP contribution in [0.3, 0.4) is 0 Å². The van der Waals surface area contributed by atoms with E-state index in [2.05, 4.69) is 13.8 Å². The molecule has 1 rings (SSSR count). The lowest BCUT2D eigenvalue weighted by molar-refractivity contribution is -0.136. The van der Waals surface area contributed by atoms with Crippen LogP contribution in [0.25, 0.3) is 0 Å². The number of piperidine rings is 1. The van der Waals surface area contributed by atoms with E-state index in [0.717, 1.165) is 25.7 Å². The summed E-state index contributed by atoms with van der Waals surface area (Å²) < 4.78 is 25.5. The summed E-state index contributed by atoms with van der Waals surface area (Å²) in [4.78, 5) is 10.8. The van der Waals surface area contributed by atoms with Gasteiger partial charge < -0.3 is 5.11 Å². The van der Waals surface area contributed by atoms with Gasteiger partial charge in [0, 0.05) is 13.1 Å². The number of hydrogen-bond donors (Lipinski definition) is 1. The molecule has 0 bridgehead atoms. The average Bonchev–Trinajstić information content (AvgIpc) is 2.37. The highest BCUT2D eigenvalue weighted by molar-refractivity contribution is 7.90. The van der Waals surface area contributed by atoms with Gasteiger partial charge in [-0.1, -0.05) is 26.7 Å². The molecule has 6 heteroatoms. The van der Waals surface area contributed by atoms with Gasteiger partial charge in [-0.05, 0) is 25.2 Å². The largest absolute Gasteiger partial charge is 0.480 e. The summed E-state index contributed by atoms with van der Waals surface area (Å²) in [6.07, 6.45) is 3.74. The van der Waals surface area contributed by atoms with E-state index in [1.54, 1.807) is 0 Å². The molecular weight excluding hydrogens is 254 g/mol. The van der Waals surface area contributed by atoms with E-state index in [0.29, 0.717) is 13.1 Å². The van der Waals surface area contributed by atoms with Crippen molar-refractivity contribution in [3.05, 3.63) is 0 Å². The molecule has 0 amide bonds. The van der Waals surface area contributed by atoms with Gasteiger partial charge in [-0.2, -0.15) is 0 Å². The van der Waals surface area contributed by atoms with Crippen molar-refractivity contribution in [3.8, 4) is 0 Å². The molecule has 1 aliphatic rings. The lowest BCUT2D eigenvalue weighted by Crippen LogP contribution is -2.47. The topological polar surface area (TPSA) is 74.7 Å². The quantitative estimate of drug-likeness (QED) is 0.830. The molecule has 0 aromatic heterocycles. The summed E-state index contributed by atoms with van der Waals surface area (Å²) in [5.74, 6) is -1.28. The van der Waals surface area contributed by atoms with Gasteiger partial charge in [-0.3, -0.25) is 4.79 Å². The molecule has 0 saturated carbocycles. The Labute approximate surface area is 109 Å². The maximum Gasteiger partial charge on any atom is 0.323 e. The molecule has 0 aliphatic carbocycles. The van der Waals surface area contributed by atoms with E-state index in [1.807, 2.05) is 0 Å². The Hall–Kier alpha value is -0.620. The lowest BCUT2D eigenvalue weighted by atomic mass is 9.75. The van der Waals surface area contributed by atoms with Gasteiger partial charge in [0.15, 0.2) is 5.25 Å². The van der Waals surface area contributed by atoms with E-state index in [-0.39, 0.29) is 5.41 Å². The Bertz CT molecular complexity index is 390. The highest BCUT2D eigenvalue weighted by Crippen LogP contribution is 2.38. The highest BCUT2D eigenvalue weighted by Gasteiger charge is 2.39. The molecule has 0 spiro atoms. The van der Waals surface area contributed by atoms with E-state index in [9.17, 15) is 13.2 Å². The van der Waals surface area contributed by atoms with E-state index in [4.69, 9.17) is 5.11 Å². The second-order valence-electron chi connectivity index (χ2n) is 5.13. The predicted molar refractivity (Wildman–Crippen MR) is 69.8 cm³/mol. The number of carboxylic acids is 1. The molecule has 0 aromatic carbocycles. The Morgan fingerprint density at radius 1 is 1.28 bits per heavy atom. The highest BCUT2D eigenvalue weighted by atomic mass is 32.2. The summed E-state index contributed by atoms with van der Waals surface area (Å²) in [6.45, 7) is 6.39. The zero-order chi connectivity index (χ0) is 14.0. The van der Waals surface area contributed by atoms with E-state index >= 15 is 0 Å². The van der Waals surface area contributed by atoms with Crippen LogP contribution in [0.4, 0.5) is 0 Å². The minimum atomic E-state index is -3.69. The summed E-state index contributed by atoms with van der Waals surface area (Å²) in [7, 11) is -3.69. The van der Waals surface area contributed by atoms with Crippen molar-refractivity contribution >= 4 is 16.0 Å². The molecule has 1 atom stereocenters. The molecule has 1 saturated heterocycles. The van der Waals surface area contributed by atoms with Crippen LogP contribution in [0.15, 0.2) is 0 Å². The van der Waals surface area contributed by atoms with Crippen molar-refractivity contribution in [3.63, 3.8) is 0 Å². The number of aliphatic carboxylic acids is 1. The second-order valence-corrected chi connectivity index (χ2v) is 7.39. The fourth-order valence-corrected chi connectivity index (χ4v) is 3.92.